The van der Waals surface area contributed by atoms with Gasteiger partial charge >= 0.3 is 0 Å². The molecular formula is C15H11FN2O2S. The Hall–Kier alpha value is -2.47. The first kappa shape index (κ1) is 13.5. The van der Waals surface area contributed by atoms with E-state index in [0.717, 1.165) is 21.8 Å². The predicted octanol–water partition coefficient (Wildman–Crippen LogP) is 3.70. The average molecular weight is 302 g/mol. The van der Waals surface area contributed by atoms with Gasteiger partial charge in [0.25, 0.3) is 5.91 Å². The Kier molecular flexibility index (Phi) is 3.31. The maximum Gasteiger partial charge on any atom is 0.260 e. The smallest absolute Gasteiger partial charge is 0.260 e. The van der Waals surface area contributed by atoms with Crippen LogP contribution in [0, 0.1) is 12.7 Å². The third kappa shape index (κ3) is 2.71. The monoisotopic (exact) mass is 302 g/mol. The summed E-state index contributed by atoms with van der Waals surface area (Å²) in [5.74, 6) is -1.59. The Labute approximate surface area is 123 Å². The number of aryl methyl sites for hydroxylation is 1. The third-order valence-corrected chi connectivity index (χ3v) is 3.90. The predicted molar refractivity (Wildman–Crippen MR) is 80.4 cm³/mol. The number of aromatic nitrogens is 1. The van der Waals surface area contributed by atoms with Crippen LogP contribution in [0.3, 0.4) is 0 Å². The number of rotatable bonds is 2. The van der Waals surface area contributed by atoms with E-state index in [9.17, 15) is 9.18 Å². The van der Waals surface area contributed by atoms with Crippen molar-refractivity contribution in [3.8, 4) is 5.75 Å². The highest BCUT2D eigenvalue weighted by Crippen LogP contribution is 2.27. The summed E-state index contributed by atoms with van der Waals surface area (Å²) in [6, 6.07) is 9.18. The second-order valence-electron chi connectivity index (χ2n) is 4.61. The number of carbonyl (C=O) groups is 1. The molecule has 1 amide bonds. The lowest BCUT2D eigenvalue weighted by molar-refractivity contribution is 0.102. The molecule has 2 aromatic carbocycles. The molecular weight excluding hydrogens is 291 g/mol. The van der Waals surface area contributed by atoms with Crippen LogP contribution in [-0.2, 0) is 0 Å². The first-order valence-corrected chi connectivity index (χ1v) is 7.01. The highest BCUT2D eigenvalue weighted by atomic mass is 32.1. The summed E-state index contributed by atoms with van der Waals surface area (Å²) in [7, 11) is 0. The number of carbonyl (C=O) groups excluding carboxylic acids is 1. The Morgan fingerprint density at radius 2 is 2.10 bits per heavy atom. The quantitative estimate of drug-likeness (QED) is 0.758. The molecule has 106 valence electrons. The van der Waals surface area contributed by atoms with E-state index in [1.165, 1.54) is 23.5 Å². The summed E-state index contributed by atoms with van der Waals surface area (Å²) in [5.41, 5.74) is 1.75. The van der Waals surface area contributed by atoms with E-state index in [4.69, 9.17) is 5.11 Å². The lowest BCUT2D eigenvalue weighted by Gasteiger charge is -2.03. The van der Waals surface area contributed by atoms with Gasteiger partial charge in [0.15, 0.2) is 5.13 Å². The number of fused-ring (bicyclic) bond motifs is 1. The Bertz CT molecular complexity index is 845. The topological polar surface area (TPSA) is 62.2 Å². The minimum Gasteiger partial charge on any atom is -0.508 e. The van der Waals surface area contributed by atoms with E-state index in [1.54, 1.807) is 0 Å². The summed E-state index contributed by atoms with van der Waals surface area (Å²) in [6.07, 6.45) is 0. The number of halogens is 1. The number of nitrogens with zero attached hydrogens (tertiary/aromatic N) is 1. The van der Waals surface area contributed by atoms with Gasteiger partial charge < -0.3 is 5.11 Å². The Balaban J connectivity index is 1.89. The minimum atomic E-state index is -0.774. The molecule has 4 nitrogen and oxygen atoms in total. The van der Waals surface area contributed by atoms with Crippen LogP contribution in [-0.4, -0.2) is 16.0 Å². The maximum atomic E-state index is 13.6. The zero-order valence-corrected chi connectivity index (χ0v) is 11.9. The molecule has 0 fully saturated rings. The zero-order valence-electron chi connectivity index (χ0n) is 11.1. The molecule has 1 heterocycles. The van der Waals surface area contributed by atoms with Gasteiger partial charge in [-0.25, -0.2) is 9.37 Å². The highest BCUT2D eigenvalue weighted by molar-refractivity contribution is 7.22. The van der Waals surface area contributed by atoms with Gasteiger partial charge in [0.1, 0.15) is 11.6 Å². The molecule has 0 atom stereocenters. The normalized spacial score (nSPS) is 10.8. The molecule has 0 radical (unpaired) electrons. The molecule has 3 aromatic rings. The number of nitrogens with one attached hydrogen (secondary N) is 1. The fourth-order valence-electron chi connectivity index (χ4n) is 1.94. The van der Waals surface area contributed by atoms with Crippen molar-refractivity contribution in [2.45, 2.75) is 6.92 Å². The van der Waals surface area contributed by atoms with Crippen LogP contribution in [0.1, 0.15) is 15.9 Å². The van der Waals surface area contributed by atoms with Crippen molar-refractivity contribution in [1.82, 2.24) is 4.98 Å². The van der Waals surface area contributed by atoms with Crippen molar-refractivity contribution in [3.63, 3.8) is 0 Å². The van der Waals surface area contributed by atoms with Crippen molar-refractivity contribution in [3.05, 3.63) is 53.3 Å². The van der Waals surface area contributed by atoms with Crippen molar-refractivity contribution in [2.24, 2.45) is 0 Å². The van der Waals surface area contributed by atoms with Crippen molar-refractivity contribution >= 4 is 32.6 Å². The van der Waals surface area contributed by atoms with E-state index in [2.05, 4.69) is 10.3 Å². The molecule has 0 unspecified atom stereocenters. The molecule has 0 saturated carbocycles. The van der Waals surface area contributed by atoms with Crippen molar-refractivity contribution in [2.75, 3.05) is 5.32 Å². The number of thiazole rings is 1. The molecule has 0 saturated heterocycles. The summed E-state index contributed by atoms with van der Waals surface area (Å²) in [5, 5.41) is 12.1. The Morgan fingerprint density at radius 1 is 1.29 bits per heavy atom. The second-order valence-corrected chi connectivity index (χ2v) is 5.64. The average Bonchev–Trinajstić information content (AvgIpc) is 2.79. The first-order valence-electron chi connectivity index (χ1n) is 6.20. The molecule has 6 heteroatoms. The van der Waals surface area contributed by atoms with Gasteiger partial charge in [-0.3, -0.25) is 10.1 Å². The number of aromatic hydroxyl groups is 1. The number of hydrogen-bond acceptors (Lipinski definition) is 4. The molecule has 1 aromatic heterocycles. The van der Waals surface area contributed by atoms with Gasteiger partial charge in [0, 0.05) is 6.07 Å². The van der Waals surface area contributed by atoms with Crippen LogP contribution in [0.2, 0.25) is 0 Å². The van der Waals surface area contributed by atoms with E-state index in [1.807, 2.05) is 25.1 Å². The number of phenolic OH excluding ortho intramolecular Hbond substituents is 1. The van der Waals surface area contributed by atoms with E-state index in [-0.39, 0.29) is 11.3 Å². The van der Waals surface area contributed by atoms with E-state index in [0.29, 0.717) is 5.13 Å². The summed E-state index contributed by atoms with van der Waals surface area (Å²) >= 11 is 1.33. The molecule has 0 spiro atoms. The number of phenols is 1. The molecule has 0 aliphatic carbocycles. The number of amides is 1. The molecule has 2 N–H and O–H groups in total. The fourth-order valence-corrected chi connectivity index (χ4v) is 2.90. The zero-order chi connectivity index (χ0) is 15.0. The molecule has 0 aliphatic rings. The van der Waals surface area contributed by atoms with Crippen LogP contribution in [0.5, 0.6) is 5.75 Å². The van der Waals surface area contributed by atoms with Gasteiger partial charge in [0.05, 0.1) is 15.8 Å². The number of benzene rings is 2. The van der Waals surface area contributed by atoms with Crippen molar-refractivity contribution < 1.29 is 14.3 Å². The van der Waals surface area contributed by atoms with Crippen LogP contribution in [0.25, 0.3) is 10.2 Å². The fraction of sp³-hybridized carbons (Fsp3) is 0.0667. The largest absolute Gasteiger partial charge is 0.508 e. The Morgan fingerprint density at radius 3 is 2.86 bits per heavy atom. The lowest BCUT2D eigenvalue weighted by Crippen LogP contribution is -2.13. The molecule has 21 heavy (non-hydrogen) atoms. The maximum absolute atomic E-state index is 13.6. The summed E-state index contributed by atoms with van der Waals surface area (Å²) < 4.78 is 14.6. The van der Waals surface area contributed by atoms with E-state index < -0.39 is 11.7 Å². The van der Waals surface area contributed by atoms with Gasteiger partial charge in [-0.05, 0) is 36.8 Å². The van der Waals surface area contributed by atoms with Gasteiger partial charge in [0.2, 0.25) is 0 Å². The van der Waals surface area contributed by atoms with Crippen LogP contribution < -0.4 is 5.32 Å². The SMILES string of the molecule is Cc1ccc2nc(NC(=O)c3ccc(O)cc3F)sc2c1. The van der Waals surface area contributed by atoms with Crippen molar-refractivity contribution in [1.29, 1.82) is 0 Å². The standard InChI is InChI=1S/C15H11FN2O2S/c1-8-2-5-12-13(6-8)21-15(17-12)18-14(20)10-4-3-9(19)7-11(10)16/h2-7,19H,1H3,(H,17,18,20). The van der Waals surface area contributed by atoms with Crippen LogP contribution >= 0.6 is 11.3 Å². The van der Waals surface area contributed by atoms with Crippen LogP contribution in [0.15, 0.2) is 36.4 Å². The lowest BCUT2D eigenvalue weighted by atomic mass is 10.2. The molecule has 0 aliphatic heterocycles. The van der Waals surface area contributed by atoms with Gasteiger partial charge in [-0.1, -0.05) is 17.4 Å². The third-order valence-electron chi connectivity index (χ3n) is 2.96. The number of anilines is 1. The highest BCUT2D eigenvalue weighted by Gasteiger charge is 2.14. The van der Waals surface area contributed by atoms with E-state index >= 15 is 0 Å². The van der Waals surface area contributed by atoms with Gasteiger partial charge in [-0.2, -0.15) is 0 Å². The second kappa shape index (κ2) is 5.14. The summed E-state index contributed by atoms with van der Waals surface area (Å²) in [6.45, 7) is 1.98. The molecule has 0 bridgehead atoms. The minimum absolute atomic E-state index is 0.136. The number of hydrogen-bond donors (Lipinski definition) is 2. The van der Waals surface area contributed by atoms with Crippen LogP contribution in [0.4, 0.5) is 9.52 Å². The summed E-state index contributed by atoms with van der Waals surface area (Å²) in [4.78, 5) is 16.3. The first-order chi connectivity index (χ1) is 10.0. The van der Waals surface area contributed by atoms with Gasteiger partial charge in [-0.15, -0.1) is 0 Å². The molecule has 3 rings (SSSR count).